The molecule has 0 aliphatic carbocycles. The molecule has 138 valence electrons. The molecule has 2 aromatic rings. The molecule has 1 aliphatic rings. The number of ketones is 1. The summed E-state index contributed by atoms with van der Waals surface area (Å²) in [5.41, 5.74) is 4.20. The zero-order chi connectivity index (χ0) is 19.2. The molecule has 0 bridgehead atoms. The normalized spacial score (nSPS) is 18.0. The third-order valence-corrected chi connectivity index (χ3v) is 4.94. The number of hydrogen-bond acceptors (Lipinski definition) is 3. The van der Waals surface area contributed by atoms with Crippen LogP contribution in [0.15, 0.2) is 18.2 Å². The Bertz CT molecular complexity index is 893. The van der Waals surface area contributed by atoms with Gasteiger partial charge in [-0.05, 0) is 46.2 Å². The lowest BCUT2D eigenvalue weighted by atomic mass is 9.88. The van der Waals surface area contributed by atoms with Crippen LogP contribution >= 0.6 is 0 Å². The van der Waals surface area contributed by atoms with Crippen molar-refractivity contribution in [2.45, 2.75) is 59.6 Å². The number of aromatic nitrogens is 1. The number of fused-ring (bicyclic) bond motifs is 1. The van der Waals surface area contributed by atoms with E-state index in [0.29, 0.717) is 28.9 Å². The summed E-state index contributed by atoms with van der Waals surface area (Å²) < 4.78 is 6.07. The molecule has 2 N–H and O–H groups in total. The molecule has 1 unspecified atom stereocenters. The molecule has 0 saturated carbocycles. The van der Waals surface area contributed by atoms with E-state index in [1.165, 1.54) is 6.92 Å². The van der Waals surface area contributed by atoms with Crippen LogP contribution in [0.1, 0.15) is 76.5 Å². The van der Waals surface area contributed by atoms with Gasteiger partial charge in [-0.3, -0.25) is 9.59 Å². The lowest BCUT2D eigenvalue weighted by molar-refractivity contribution is 0.0619. The molecule has 2 heterocycles. The van der Waals surface area contributed by atoms with E-state index in [4.69, 9.17) is 4.74 Å². The maximum atomic E-state index is 13.0. The van der Waals surface area contributed by atoms with Crippen LogP contribution in [-0.4, -0.2) is 22.3 Å². The fourth-order valence-electron chi connectivity index (χ4n) is 3.78. The average Bonchev–Trinajstić information content (AvgIpc) is 2.82. The SMILES string of the molecule is CC(=O)c1[nH]c(C)c(C(=O)NC2CC(C)(C)Oc3ccc(C)cc32)c1C. The number of benzene rings is 1. The number of Topliss-reactive ketones (excluding diaryl/α,β-unsaturated/α-hetero) is 1. The van der Waals surface area contributed by atoms with Crippen molar-refractivity contribution in [3.8, 4) is 5.75 Å². The largest absolute Gasteiger partial charge is 0.487 e. The smallest absolute Gasteiger partial charge is 0.253 e. The van der Waals surface area contributed by atoms with Crippen LogP contribution in [0, 0.1) is 20.8 Å². The lowest BCUT2D eigenvalue weighted by Crippen LogP contribution is -2.41. The second kappa shape index (κ2) is 6.31. The number of rotatable bonds is 3. The first-order valence-electron chi connectivity index (χ1n) is 8.89. The van der Waals surface area contributed by atoms with Crippen LogP contribution < -0.4 is 10.1 Å². The minimum Gasteiger partial charge on any atom is -0.487 e. The van der Waals surface area contributed by atoms with Crippen molar-refractivity contribution in [2.75, 3.05) is 0 Å². The summed E-state index contributed by atoms with van der Waals surface area (Å²) in [5.74, 6) is 0.570. The Labute approximate surface area is 154 Å². The summed E-state index contributed by atoms with van der Waals surface area (Å²) >= 11 is 0. The highest BCUT2D eigenvalue weighted by Crippen LogP contribution is 2.40. The molecule has 3 rings (SSSR count). The highest BCUT2D eigenvalue weighted by Gasteiger charge is 2.35. The maximum Gasteiger partial charge on any atom is 0.253 e. The van der Waals surface area contributed by atoms with Crippen molar-refractivity contribution >= 4 is 11.7 Å². The first kappa shape index (κ1) is 18.2. The van der Waals surface area contributed by atoms with Crippen LogP contribution in [0.25, 0.3) is 0 Å². The minimum atomic E-state index is -0.368. The van der Waals surface area contributed by atoms with Crippen LogP contribution in [0.4, 0.5) is 0 Å². The number of ether oxygens (including phenoxy) is 1. The van der Waals surface area contributed by atoms with Gasteiger partial charge in [-0.15, -0.1) is 0 Å². The molecule has 5 heteroatoms. The van der Waals surface area contributed by atoms with Gasteiger partial charge in [0, 0.05) is 24.6 Å². The maximum absolute atomic E-state index is 13.0. The third kappa shape index (κ3) is 3.26. The molecule has 0 fully saturated rings. The van der Waals surface area contributed by atoms with Gasteiger partial charge in [-0.1, -0.05) is 17.7 Å². The van der Waals surface area contributed by atoms with Gasteiger partial charge in [0.15, 0.2) is 5.78 Å². The summed E-state index contributed by atoms with van der Waals surface area (Å²) in [5, 5.41) is 3.16. The predicted molar refractivity (Wildman–Crippen MR) is 101 cm³/mol. The predicted octanol–water partition coefficient (Wildman–Crippen LogP) is 4.17. The van der Waals surface area contributed by atoms with Crippen LogP contribution in [0.3, 0.4) is 0 Å². The van der Waals surface area contributed by atoms with E-state index in [-0.39, 0.29) is 23.3 Å². The van der Waals surface area contributed by atoms with Crippen LogP contribution in [-0.2, 0) is 0 Å². The van der Waals surface area contributed by atoms with Gasteiger partial charge in [-0.25, -0.2) is 0 Å². The number of carbonyl (C=O) groups is 2. The number of nitrogens with one attached hydrogen (secondary N) is 2. The van der Waals surface area contributed by atoms with Crippen molar-refractivity contribution < 1.29 is 14.3 Å². The monoisotopic (exact) mass is 354 g/mol. The summed E-state index contributed by atoms with van der Waals surface area (Å²) in [6.07, 6.45) is 0.678. The molecule has 1 atom stereocenters. The number of aromatic amines is 1. The van der Waals surface area contributed by atoms with E-state index < -0.39 is 0 Å². The molecule has 0 radical (unpaired) electrons. The summed E-state index contributed by atoms with van der Waals surface area (Å²) in [7, 11) is 0. The zero-order valence-corrected chi connectivity index (χ0v) is 16.2. The molecule has 1 amide bonds. The Hall–Kier alpha value is -2.56. The lowest BCUT2D eigenvalue weighted by Gasteiger charge is -2.38. The van der Waals surface area contributed by atoms with Crippen molar-refractivity contribution in [2.24, 2.45) is 0 Å². The van der Waals surface area contributed by atoms with E-state index in [1.807, 2.05) is 39.8 Å². The number of carbonyl (C=O) groups excluding carboxylic acids is 2. The van der Waals surface area contributed by atoms with E-state index in [2.05, 4.69) is 16.4 Å². The quantitative estimate of drug-likeness (QED) is 0.813. The minimum absolute atomic E-state index is 0.0715. The fourth-order valence-corrected chi connectivity index (χ4v) is 3.78. The highest BCUT2D eigenvalue weighted by molar-refractivity contribution is 6.02. The van der Waals surface area contributed by atoms with Crippen LogP contribution in [0.2, 0.25) is 0 Å². The van der Waals surface area contributed by atoms with E-state index in [1.54, 1.807) is 6.92 Å². The molecular weight excluding hydrogens is 328 g/mol. The topological polar surface area (TPSA) is 71.2 Å². The summed E-state index contributed by atoms with van der Waals surface area (Å²) in [6, 6.07) is 5.90. The third-order valence-electron chi connectivity index (χ3n) is 4.94. The molecule has 26 heavy (non-hydrogen) atoms. The standard InChI is InChI=1S/C21H26N2O3/c1-11-7-8-17-15(9-11)16(10-21(5,6)26-17)23-20(25)18-12(2)19(14(4)24)22-13(18)3/h7-9,16,22H,10H2,1-6H3,(H,23,25). The number of H-pyrrole nitrogens is 1. The summed E-state index contributed by atoms with van der Waals surface area (Å²) in [6.45, 7) is 11.2. The van der Waals surface area contributed by atoms with Gasteiger partial charge in [0.25, 0.3) is 5.91 Å². The fraction of sp³-hybridized carbons (Fsp3) is 0.429. The second-order valence-corrected chi connectivity index (χ2v) is 7.81. The molecule has 1 aromatic carbocycles. The molecule has 1 aliphatic heterocycles. The highest BCUT2D eigenvalue weighted by atomic mass is 16.5. The summed E-state index contributed by atoms with van der Waals surface area (Å²) in [4.78, 5) is 27.8. The Balaban J connectivity index is 1.95. The molecule has 1 aromatic heterocycles. The Morgan fingerprint density at radius 2 is 1.92 bits per heavy atom. The number of hydrogen-bond donors (Lipinski definition) is 2. The van der Waals surface area contributed by atoms with Crippen molar-refractivity contribution in [1.82, 2.24) is 10.3 Å². The van der Waals surface area contributed by atoms with Gasteiger partial charge in [-0.2, -0.15) is 0 Å². The number of aryl methyl sites for hydroxylation is 2. The van der Waals surface area contributed by atoms with Crippen molar-refractivity contribution in [3.63, 3.8) is 0 Å². The van der Waals surface area contributed by atoms with Crippen molar-refractivity contribution in [1.29, 1.82) is 0 Å². The first-order chi connectivity index (χ1) is 12.1. The van der Waals surface area contributed by atoms with Gasteiger partial charge in [0.2, 0.25) is 0 Å². The van der Waals surface area contributed by atoms with Gasteiger partial charge in [0.05, 0.1) is 17.3 Å². The van der Waals surface area contributed by atoms with E-state index in [0.717, 1.165) is 16.9 Å². The van der Waals surface area contributed by atoms with Gasteiger partial charge in [0.1, 0.15) is 11.4 Å². The zero-order valence-electron chi connectivity index (χ0n) is 16.2. The second-order valence-electron chi connectivity index (χ2n) is 7.81. The molecule has 0 saturated heterocycles. The number of amides is 1. The Morgan fingerprint density at radius 3 is 2.54 bits per heavy atom. The molecule has 5 nitrogen and oxygen atoms in total. The first-order valence-corrected chi connectivity index (χ1v) is 8.89. The van der Waals surface area contributed by atoms with Gasteiger partial charge >= 0.3 is 0 Å². The molecular formula is C21H26N2O3. The average molecular weight is 354 g/mol. The Morgan fingerprint density at radius 1 is 1.23 bits per heavy atom. The van der Waals surface area contributed by atoms with E-state index >= 15 is 0 Å². The molecule has 0 spiro atoms. The van der Waals surface area contributed by atoms with Crippen LogP contribution in [0.5, 0.6) is 5.75 Å². The Kier molecular flexibility index (Phi) is 4.42. The van der Waals surface area contributed by atoms with Gasteiger partial charge < -0.3 is 15.0 Å². The van der Waals surface area contributed by atoms with E-state index in [9.17, 15) is 9.59 Å². The van der Waals surface area contributed by atoms with Crippen molar-refractivity contribution in [3.05, 3.63) is 51.8 Å².